The van der Waals surface area contributed by atoms with E-state index in [1.54, 1.807) is 27.7 Å². The molecule has 0 aromatic heterocycles. The summed E-state index contributed by atoms with van der Waals surface area (Å²) in [5, 5.41) is 72.5. The van der Waals surface area contributed by atoms with Crippen LogP contribution in [0.15, 0.2) is 0 Å². The van der Waals surface area contributed by atoms with Gasteiger partial charge < -0.3 is 84.2 Å². The second kappa shape index (κ2) is 28.5. The fourth-order valence-corrected chi connectivity index (χ4v) is 6.50. The predicted octanol–water partition coefficient (Wildman–Crippen LogP) is -6.93. The van der Waals surface area contributed by atoms with Crippen LogP contribution in [0.5, 0.6) is 0 Å². The lowest BCUT2D eigenvalue weighted by Crippen LogP contribution is -2.62. The summed E-state index contributed by atoms with van der Waals surface area (Å²) in [5.74, 6) is -15.2. The van der Waals surface area contributed by atoms with E-state index in [0.717, 1.165) is 4.90 Å². The van der Waals surface area contributed by atoms with Crippen LogP contribution < -0.4 is 48.7 Å². The Morgan fingerprint density at radius 1 is 0.597 bits per heavy atom. The molecule has 1 aliphatic rings. The van der Waals surface area contributed by atoms with Crippen LogP contribution in [0.3, 0.4) is 0 Å². The molecule has 0 spiro atoms. The SMILES string of the molecule is CC[C@H](C)[C@H](NC(=O)[C@H](CCC(=O)O)NC(=O)[C@H](CCC(=O)O)NC(=O)[C@H](CO)NC(=O)[C@H](CO)NC(=O)[C@@H](N)CO)C(=O)N[C@H](C(=O)N1CCC[C@H]1C(=O)N[C@@H](CC(N)=O)C(=O)O)C(C)C. The molecule has 0 bridgehead atoms. The standard InChI is InChI=1S/C39H64N10O18/c1-5-18(4)30(37(64)47-29(17(2)3)38(65)49-12-6-7-25(49)36(63)44-22(39(66)67)13-26(41)53)48-33(60)21(9-11-28(56)57)42-32(59)20(8-10-27(54)55)43-34(61)24(16-52)46-35(62)23(15-51)45-31(58)19(40)14-50/h17-25,29-30,50-52H,5-16,40H2,1-4H3,(H2,41,53)(H,42,59)(H,43,61)(H,44,63)(H,45,58)(H,46,62)(H,47,64)(H,48,60)(H,54,55)(H,56,57)(H,66,67)/t18-,19-,20-,21-,22-,23-,24-,25-,29-,30-/m0/s1. The molecule has 0 aromatic carbocycles. The van der Waals surface area contributed by atoms with Crippen LogP contribution in [0, 0.1) is 11.8 Å². The Kier molecular flexibility index (Phi) is 24.9. The van der Waals surface area contributed by atoms with Crippen molar-refractivity contribution in [1.82, 2.24) is 42.1 Å². The second-order valence-corrected chi connectivity index (χ2v) is 16.1. The van der Waals surface area contributed by atoms with Crippen molar-refractivity contribution in [3.8, 4) is 0 Å². The molecule has 1 rings (SSSR count). The zero-order chi connectivity index (χ0) is 51.3. The molecule has 67 heavy (non-hydrogen) atoms. The van der Waals surface area contributed by atoms with Gasteiger partial charge in [0, 0.05) is 19.4 Å². The Hall–Kier alpha value is -6.52. The first-order valence-electron chi connectivity index (χ1n) is 21.3. The Bertz CT molecular complexity index is 1820. The van der Waals surface area contributed by atoms with Gasteiger partial charge in [0.15, 0.2) is 0 Å². The molecule has 17 N–H and O–H groups in total. The average Bonchev–Trinajstić information content (AvgIpc) is 3.77. The molecule has 1 fully saturated rings. The summed E-state index contributed by atoms with van der Waals surface area (Å²) in [4.78, 5) is 154. The number of carboxylic acid groups (broad SMARTS) is 3. The van der Waals surface area contributed by atoms with E-state index in [-0.39, 0.29) is 19.4 Å². The van der Waals surface area contributed by atoms with Gasteiger partial charge >= 0.3 is 17.9 Å². The lowest BCUT2D eigenvalue weighted by Gasteiger charge is -2.33. The number of hydrogen-bond acceptors (Lipinski definition) is 16. The maximum absolute atomic E-state index is 14.0. The van der Waals surface area contributed by atoms with E-state index in [0.29, 0.717) is 6.42 Å². The molecule has 10 atom stereocenters. The highest BCUT2D eigenvalue weighted by Gasteiger charge is 2.41. The van der Waals surface area contributed by atoms with E-state index in [4.69, 9.17) is 16.6 Å². The smallest absolute Gasteiger partial charge is 0.326 e. The number of nitrogens with two attached hydrogens (primary N) is 2. The quantitative estimate of drug-likeness (QED) is 0.0318. The molecule has 378 valence electrons. The lowest BCUT2D eigenvalue weighted by molar-refractivity contribution is -0.146. The highest BCUT2D eigenvalue weighted by molar-refractivity contribution is 5.99. The van der Waals surface area contributed by atoms with Gasteiger partial charge in [0.25, 0.3) is 0 Å². The fraction of sp³-hybridized carbons (Fsp3) is 0.692. The van der Waals surface area contributed by atoms with E-state index in [1.165, 1.54) is 0 Å². The monoisotopic (exact) mass is 960 g/mol. The van der Waals surface area contributed by atoms with Crippen molar-refractivity contribution in [3.05, 3.63) is 0 Å². The largest absolute Gasteiger partial charge is 0.481 e. The highest BCUT2D eigenvalue weighted by Crippen LogP contribution is 2.21. The zero-order valence-corrected chi connectivity index (χ0v) is 37.5. The average molecular weight is 961 g/mol. The molecule has 28 nitrogen and oxygen atoms in total. The van der Waals surface area contributed by atoms with Crippen LogP contribution >= 0.6 is 0 Å². The van der Waals surface area contributed by atoms with Gasteiger partial charge in [-0.25, -0.2) is 4.79 Å². The van der Waals surface area contributed by atoms with Crippen LogP contribution in [0.1, 0.15) is 79.1 Å². The van der Waals surface area contributed by atoms with Crippen molar-refractivity contribution in [3.63, 3.8) is 0 Å². The minimum atomic E-state index is -1.89. The number of aliphatic carboxylic acids is 3. The molecular formula is C39H64N10O18. The summed E-state index contributed by atoms with van der Waals surface area (Å²) in [7, 11) is 0. The van der Waals surface area contributed by atoms with E-state index in [1.807, 2.05) is 10.6 Å². The van der Waals surface area contributed by atoms with E-state index < -0.39 is 189 Å². The fourth-order valence-electron chi connectivity index (χ4n) is 6.50. The highest BCUT2D eigenvalue weighted by atomic mass is 16.4. The third-order valence-corrected chi connectivity index (χ3v) is 10.6. The Morgan fingerprint density at radius 2 is 1.04 bits per heavy atom. The number of likely N-dealkylation sites (tertiary alicyclic amines) is 1. The Labute approximate surface area is 384 Å². The maximum Gasteiger partial charge on any atom is 0.326 e. The molecule has 28 heteroatoms. The van der Waals surface area contributed by atoms with Gasteiger partial charge in [-0.3, -0.25) is 52.7 Å². The molecule has 0 aromatic rings. The Morgan fingerprint density at radius 3 is 1.46 bits per heavy atom. The van der Waals surface area contributed by atoms with Crippen LogP contribution in [0.25, 0.3) is 0 Å². The number of nitrogens with zero attached hydrogens (tertiary/aromatic N) is 1. The number of amides is 9. The summed E-state index contributed by atoms with van der Waals surface area (Å²) < 4.78 is 0. The number of carbonyl (C=O) groups is 12. The summed E-state index contributed by atoms with van der Waals surface area (Å²) in [5.41, 5.74) is 10.5. The first-order valence-corrected chi connectivity index (χ1v) is 21.3. The van der Waals surface area contributed by atoms with Crippen LogP contribution in [-0.4, -0.2) is 187 Å². The molecule has 0 saturated carbocycles. The molecule has 1 saturated heterocycles. The number of aliphatic hydroxyl groups is 3. The molecule has 0 radical (unpaired) electrons. The van der Waals surface area contributed by atoms with Gasteiger partial charge in [-0.1, -0.05) is 34.1 Å². The number of nitrogens with one attached hydrogen (secondary N) is 7. The molecular weight excluding hydrogens is 896 g/mol. The number of carbonyl (C=O) groups excluding carboxylic acids is 9. The molecule has 1 aliphatic heterocycles. The molecule has 0 aliphatic carbocycles. The summed E-state index contributed by atoms with van der Waals surface area (Å²) >= 11 is 0. The van der Waals surface area contributed by atoms with Gasteiger partial charge in [0.2, 0.25) is 53.2 Å². The first kappa shape index (κ1) is 58.5. The van der Waals surface area contributed by atoms with Crippen molar-refractivity contribution < 1.29 is 88.2 Å². The first-order chi connectivity index (χ1) is 31.3. The van der Waals surface area contributed by atoms with Crippen LogP contribution in [-0.2, 0) is 57.5 Å². The summed E-state index contributed by atoms with van der Waals surface area (Å²) in [6.07, 6.45) is -2.82. The normalized spacial score (nSPS) is 17.4. The molecule has 9 amide bonds. The van der Waals surface area contributed by atoms with E-state index in [2.05, 4.69) is 26.6 Å². The number of aliphatic hydroxyl groups excluding tert-OH is 3. The van der Waals surface area contributed by atoms with Crippen molar-refractivity contribution in [1.29, 1.82) is 0 Å². The number of rotatable bonds is 30. The summed E-state index contributed by atoms with van der Waals surface area (Å²) in [6.45, 7) is 3.41. The van der Waals surface area contributed by atoms with Crippen LogP contribution in [0.2, 0.25) is 0 Å². The molecule has 0 unspecified atom stereocenters. The number of primary amides is 1. The van der Waals surface area contributed by atoms with E-state index >= 15 is 0 Å². The minimum Gasteiger partial charge on any atom is -0.481 e. The molecule has 1 heterocycles. The van der Waals surface area contributed by atoms with Gasteiger partial charge in [-0.2, -0.15) is 0 Å². The van der Waals surface area contributed by atoms with Crippen LogP contribution in [0.4, 0.5) is 0 Å². The second-order valence-electron chi connectivity index (χ2n) is 16.1. The van der Waals surface area contributed by atoms with Gasteiger partial charge in [0.1, 0.15) is 54.4 Å². The van der Waals surface area contributed by atoms with Gasteiger partial charge in [-0.15, -0.1) is 0 Å². The van der Waals surface area contributed by atoms with Gasteiger partial charge in [0.05, 0.1) is 26.2 Å². The number of carboxylic acids is 3. The van der Waals surface area contributed by atoms with Crippen molar-refractivity contribution in [2.45, 2.75) is 133 Å². The predicted molar refractivity (Wildman–Crippen MR) is 227 cm³/mol. The lowest BCUT2D eigenvalue weighted by atomic mass is 9.95. The Balaban J connectivity index is 3.38. The van der Waals surface area contributed by atoms with Crippen molar-refractivity contribution in [2.24, 2.45) is 23.3 Å². The zero-order valence-electron chi connectivity index (χ0n) is 37.5. The third kappa shape index (κ3) is 19.1. The topological polar surface area (TPSA) is 466 Å². The van der Waals surface area contributed by atoms with Crippen molar-refractivity contribution >= 4 is 71.1 Å². The van der Waals surface area contributed by atoms with Crippen molar-refractivity contribution in [2.75, 3.05) is 26.4 Å². The van der Waals surface area contributed by atoms with E-state index in [9.17, 15) is 83.1 Å². The number of hydrogen-bond donors (Lipinski definition) is 15. The van der Waals surface area contributed by atoms with Gasteiger partial charge in [-0.05, 0) is 37.5 Å². The minimum absolute atomic E-state index is 0.0365. The summed E-state index contributed by atoms with van der Waals surface area (Å²) in [6, 6.07) is -14.3. The third-order valence-electron chi connectivity index (χ3n) is 10.6. The maximum atomic E-state index is 14.0.